The summed E-state index contributed by atoms with van der Waals surface area (Å²) >= 11 is 0. The summed E-state index contributed by atoms with van der Waals surface area (Å²) in [6.45, 7) is 3.97. The Morgan fingerprint density at radius 1 is 1.16 bits per heavy atom. The molecule has 0 saturated heterocycles. The molecule has 1 unspecified atom stereocenters. The highest BCUT2D eigenvalue weighted by molar-refractivity contribution is 5.85. The Labute approximate surface area is 113 Å². The van der Waals surface area contributed by atoms with Crippen LogP contribution in [0.15, 0.2) is 30.3 Å². The summed E-state index contributed by atoms with van der Waals surface area (Å²) in [6.07, 6.45) is 0.806. The molecule has 19 heavy (non-hydrogen) atoms. The van der Waals surface area contributed by atoms with Crippen LogP contribution in [-0.4, -0.2) is 17.9 Å². The van der Waals surface area contributed by atoms with Crippen LogP contribution in [0.2, 0.25) is 0 Å². The summed E-state index contributed by atoms with van der Waals surface area (Å²) in [5.74, 6) is -0.299. The maximum atomic E-state index is 11.6. The fourth-order valence-electron chi connectivity index (χ4n) is 1.66. The highest BCUT2D eigenvalue weighted by atomic mass is 16.2. The van der Waals surface area contributed by atoms with Crippen LogP contribution in [-0.2, 0) is 16.0 Å². The second-order valence-electron chi connectivity index (χ2n) is 4.94. The van der Waals surface area contributed by atoms with Gasteiger partial charge in [-0.1, -0.05) is 44.2 Å². The van der Waals surface area contributed by atoms with Gasteiger partial charge in [-0.15, -0.1) is 0 Å². The van der Waals surface area contributed by atoms with Crippen LogP contribution in [0.3, 0.4) is 0 Å². The summed E-state index contributed by atoms with van der Waals surface area (Å²) in [4.78, 5) is 23.2. The van der Waals surface area contributed by atoms with Crippen LogP contribution < -0.4 is 16.6 Å². The molecule has 1 aromatic carbocycles. The van der Waals surface area contributed by atoms with Crippen LogP contribution in [0.5, 0.6) is 0 Å². The minimum Gasteiger partial charge on any atom is -0.320 e. The van der Waals surface area contributed by atoms with Gasteiger partial charge in [0, 0.05) is 0 Å². The third kappa shape index (κ3) is 6.01. The summed E-state index contributed by atoms with van der Waals surface area (Å²) in [7, 11) is 0. The third-order valence-corrected chi connectivity index (χ3v) is 2.59. The fraction of sp³-hybridized carbons (Fsp3) is 0.429. The lowest BCUT2D eigenvalue weighted by Crippen LogP contribution is -2.50. The maximum absolute atomic E-state index is 11.6. The molecule has 1 aromatic rings. The molecule has 2 amide bonds. The molecule has 5 nitrogen and oxygen atoms in total. The topological polar surface area (TPSA) is 84.2 Å². The van der Waals surface area contributed by atoms with Gasteiger partial charge in [-0.25, -0.2) is 0 Å². The minimum atomic E-state index is -0.600. The highest BCUT2D eigenvalue weighted by Gasteiger charge is 2.15. The van der Waals surface area contributed by atoms with Crippen LogP contribution in [0, 0.1) is 5.92 Å². The number of rotatable bonds is 5. The van der Waals surface area contributed by atoms with Gasteiger partial charge in [-0.3, -0.25) is 20.4 Å². The van der Waals surface area contributed by atoms with Crippen molar-refractivity contribution in [3.05, 3.63) is 35.9 Å². The Kier molecular flexibility index (Phi) is 6.02. The van der Waals surface area contributed by atoms with Crippen molar-refractivity contribution in [1.82, 2.24) is 10.9 Å². The number of carbonyl (C=O) groups excluding carboxylic acids is 2. The lowest BCUT2D eigenvalue weighted by molar-refractivity contribution is -0.129. The number of benzene rings is 1. The van der Waals surface area contributed by atoms with Crippen LogP contribution in [0.4, 0.5) is 0 Å². The molecular weight excluding hydrogens is 242 g/mol. The molecule has 0 aliphatic rings. The SMILES string of the molecule is CC(C)CC(N)C(=O)NNC(=O)Cc1ccccc1. The number of hydrogen-bond acceptors (Lipinski definition) is 3. The molecule has 104 valence electrons. The predicted molar refractivity (Wildman–Crippen MR) is 73.9 cm³/mol. The Bertz CT molecular complexity index is 418. The first kappa shape index (κ1) is 15.2. The smallest absolute Gasteiger partial charge is 0.255 e. The van der Waals surface area contributed by atoms with E-state index < -0.39 is 6.04 Å². The zero-order valence-electron chi connectivity index (χ0n) is 11.3. The first-order valence-electron chi connectivity index (χ1n) is 6.37. The largest absolute Gasteiger partial charge is 0.320 e. The van der Waals surface area contributed by atoms with Crippen molar-refractivity contribution in [2.45, 2.75) is 32.7 Å². The van der Waals surface area contributed by atoms with Gasteiger partial charge in [0.25, 0.3) is 5.91 Å². The van der Waals surface area contributed by atoms with Gasteiger partial charge in [0.2, 0.25) is 5.91 Å². The van der Waals surface area contributed by atoms with Gasteiger partial charge in [0.05, 0.1) is 12.5 Å². The van der Waals surface area contributed by atoms with E-state index in [-0.39, 0.29) is 18.2 Å². The highest BCUT2D eigenvalue weighted by Crippen LogP contribution is 2.02. The summed E-state index contributed by atoms with van der Waals surface area (Å²) in [6, 6.07) is 8.71. The lowest BCUT2D eigenvalue weighted by atomic mass is 10.0. The zero-order chi connectivity index (χ0) is 14.3. The van der Waals surface area contributed by atoms with Crippen molar-refractivity contribution in [2.75, 3.05) is 0 Å². The molecule has 1 atom stereocenters. The maximum Gasteiger partial charge on any atom is 0.255 e. The average Bonchev–Trinajstić information content (AvgIpc) is 2.36. The third-order valence-electron chi connectivity index (χ3n) is 2.59. The van der Waals surface area contributed by atoms with Gasteiger partial charge in [0.1, 0.15) is 0 Å². The van der Waals surface area contributed by atoms with Gasteiger partial charge in [0.15, 0.2) is 0 Å². The Balaban J connectivity index is 2.32. The molecule has 4 N–H and O–H groups in total. The molecule has 0 spiro atoms. The van der Waals surface area contributed by atoms with E-state index >= 15 is 0 Å². The molecule has 0 radical (unpaired) electrons. The normalized spacial score (nSPS) is 12.0. The number of nitrogens with one attached hydrogen (secondary N) is 2. The van der Waals surface area contributed by atoms with E-state index in [0.717, 1.165) is 5.56 Å². The number of carbonyl (C=O) groups is 2. The predicted octanol–water partition coefficient (Wildman–Crippen LogP) is 0.750. The van der Waals surface area contributed by atoms with Crippen molar-refractivity contribution in [3.8, 4) is 0 Å². The van der Waals surface area contributed by atoms with Crippen molar-refractivity contribution >= 4 is 11.8 Å². The molecule has 5 heteroatoms. The first-order chi connectivity index (χ1) is 8.99. The summed E-state index contributed by atoms with van der Waals surface area (Å²) < 4.78 is 0. The van der Waals surface area contributed by atoms with Crippen LogP contribution >= 0.6 is 0 Å². The lowest BCUT2D eigenvalue weighted by Gasteiger charge is -2.14. The first-order valence-corrected chi connectivity index (χ1v) is 6.37. The Hall–Kier alpha value is -1.88. The van der Waals surface area contributed by atoms with E-state index in [9.17, 15) is 9.59 Å². The number of hydrazine groups is 1. The molecule has 1 rings (SSSR count). The molecule has 0 aromatic heterocycles. The second kappa shape index (κ2) is 7.53. The number of hydrogen-bond donors (Lipinski definition) is 3. The van der Waals surface area contributed by atoms with Crippen LogP contribution in [0.25, 0.3) is 0 Å². The van der Waals surface area contributed by atoms with E-state index in [0.29, 0.717) is 12.3 Å². The van der Waals surface area contributed by atoms with E-state index in [1.54, 1.807) is 0 Å². The molecule has 0 aliphatic heterocycles. The average molecular weight is 263 g/mol. The van der Waals surface area contributed by atoms with Gasteiger partial charge in [-0.2, -0.15) is 0 Å². The van der Waals surface area contributed by atoms with E-state index in [1.807, 2.05) is 44.2 Å². The van der Waals surface area contributed by atoms with Gasteiger partial charge < -0.3 is 5.73 Å². The molecule has 0 bridgehead atoms. The second-order valence-corrected chi connectivity index (χ2v) is 4.94. The Morgan fingerprint density at radius 2 is 1.79 bits per heavy atom. The number of nitrogens with two attached hydrogens (primary N) is 1. The monoisotopic (exact) mass is 263 g/mol. The van der Waals surface area contributed by atoms with Crippen molar-refractivity contribution in [2.24, 2.45) is 11.7 Å². The quantitative estimate of drug-likeness (QED) is 0.685. The number of amides is 2. The van der Waals surface area contributed by atoms with Crippen LogP contribution in [0.1, 0.15) is 25.8 Å². The molecule has 0 saturated carbocycles. The molecule has 0 heterocycles. The van der Waals surface area contributed by atoms with Gasteiger partial charge >= 0.3 is 0 Å². The fourth-order valence-corrected chi connectivity index (χ4v) is 1.66. The Morgan fingerprint density at radius 3 is 2.37 bits per heavy atom. The van der Waals surface area contributed by atoms with Gasteiger partial charge in [-0.05, 0) is 17.9 Å². The minimum absolute atomic E-state index is 0.223. The van der Waals surface area contributed by atoms with Crippen molar-refractivity contribution in [1.29, 1.82) is 0 Å². The van der Waals surface area contributed by atoms with Crippen molar-refractivity contribution < 1.29 is 9.59 Å². The molecule has 0 fully saturated rings. The standard InChI is InChI=1S/C14H21N3O2/c1-10(2)8-12(15)14(19)17-16-13(18)9-11-6-4-3-5-7-11/h3-7,10,12H,8-9,15H2,1-2H3,(H,16,18)(H,17,19). The zero-order valence-corrected chi connectivity index (χ0v) is 11.3. The van der Waals surface area contributed by atoms with Crippen molar-refractivity contribution in [3.63, 3.8) is 0 Å². The van der Waals surface area contributed by atoms with E-state index in [2.05, 4.69) is 10.9 Å². The molecular formula is C14H21N3O2. The molecule has 0 aliphatic carbocycles. The van der Waals surface area contributed by atoms with E-state index in [4.69, 9.17) is 5.73 Å². The summed E-state index contributed by atoms with van der Waals surface area (Å²) in [5.41, 5.74) is 11.3. The summed E-state index contributed by atoms with van der Waals surface area (Å²) in [5, 5.41) is 0. The van der Waals surface area contributed by atoms with E-state index in [1.165, 1.54) is 0 Å².